The normalized spacial score (nSPS) is 18.8. The number of rotatable bonds is 4. The van der Waals surface area contributed by atoms with Crippen molar-refractivity contribution in [3.8, 4) is 17.3 Å². The van der Waals surface area contributed by atoms with Crippen molar-refractivity contribution in [3.63, 3.8) is 0 Å². The number of hydrogen-bond acceptors (Lipinski definition) is 6. The maximum Gasteiger partial charge on any atom is 0.404 e. The Bertz CT molecular complexity index is 955. The maximum atomic E-state index is 14.1. The van der Waals surface area contributed by atoms with Gasteiger partial charge in [-0.2, -0.15) is 10.2 Å². The highest BCUT2D eigenvalue weighted by molar-refractivity contribution is 5.67. The Balaban J connectivity index is 2.00. The minimum atomic E-state index is -1.09. The van der Waals surface area contributed by atoms with Gasteiger partial charge in [-0.1, -0.05) is 6.92 Å². The minimum Gasteiger partial charge on any atom is -0.465 e. The summed E-state index contributed by atoms with van der Waals surface area (Å²) in [6.07, 6.45) is -0.391. The Morgan fingerprint density at radius 2 is 1.97 bits per heavy atom. The van der Waals surface area contributed by atoms with E-state index in [9.17, 15) is 13.6 Å². The van der Waals surface area contributed by atoms with Crippen LogP contribution < -0.4 is 15.5 Å². The van der Waals surface area contributed by atoms with E-state index >= 15 is 0 Å². The summed E-state index contributed by atoms with van der Waals surface area (Å²) < 4.78 is 28.1. The molecule has 0 saturated carbocycles. The number of nitrogens with zero attached hydrogens (tertiary/aromatic N) is 4. The molecule has 1 aliphatic heterocycles. The smallest absolute Gasteiger partial charge is 0.404 e. The van der Waals surface area contributed by atoms with Crippen LogP contribution in [0.2, 0.25) is 0 Å². The first-order chi connectivity index (χ1) is 13.8. The fourth-order valence-electron chi connectivity index (χ4n) is 3.50. The first-order valence-corrected chi connectivity index (χ1v) is 9.01. The molecule has 2 atom stereocenters. The van der Waals surface area contributed by atoms with Gasteiger partial charge in [0.25, 0.3) is 0 Å². The number of aromatic nitrogens is 2. The van der Waals surface area contributed by atoms with Gasteiger partial charge in [-0.3, -0.25) is 0 Å². The molecule has 0 spiro atoms. The van der Waals surface area contributed by atoms with Gasteiger partial charge in [-0.05, 0) is 24.5 Å². The molecule has 0 unspecified atom stereocenters. The Labute approximate surface area is 166 Å². The van der Waals surface area contributed by atoms with Crippen LogP contribution in [0.4, 0.5) is 25.3 Å². The number of carboxylic acid groups (broad SMARTS) is 1. The number of anilines is 2. The Kier molecular flexibility index (Phi) is 5.77. The molecule has 1 aromatic carbocycles. The number of hydrogen-bond donors (Lipinski definition) is 3. The van der Waals surface area contributed by atoms with Crippen molar-refractivity contribution >= 4 is 17.9 Å². The number of nitrogens with one attached hydrogen (secondary N) is 2. The SMILES string of the molecule is CNc1nc(-c2cc(F)c(C#N)c(F)c2)cc(N2C[C@H](C)C[C@@H](NC(=O)O)C2)n1. The minimum absolute atomic E-state index is 0.171. The maximum absolute atomic E-state index is 14.1. The summed E-state index contributed by atoms with van der Waals surface area (Å²) in [5.74, 6) is -0.962. The van der Waals surface area contributed by atoms with Crippen molar-refractivity contribution in [2.75, 3.05) is 30.4 Å². The molecule has 1 saturated heterocycles. The second kappa shape index (κ2) is 8.26. The van der Waals surface area contributed by atoms with Crippen molar-refractivity contribution in [3.05, 3.63) is 35.4 Å². The fraction of sp³-hybridized carbons (Fsp3) is 0.368. The molecule has 0 bridgehead atoms. The van der Waals surface area contributed by atoms with E-state index in [0.29, 0.717) is 25.3 Å². The van der Waals surface area contributed by atoms with E-state index in [-0.39, 0.29) is 29.2 Å². The number of amides is 1. The molecule has 3 rings (SSSR count). The van der Waals surface area contributed by atoms with Crippen LogP contribution in [0.5, 0.6) is 0 Å². The van der Waals surface area contributed by atoms with E-state index in [1.165, 1.54) is 6.07 Å². The van der Waals surface area contributed by atoms with Crippen LogP contribution in [0.3, 0.4) is 0 Å². The van der Waals surface area contributed by atoms with E-state index in [4.69, 9.17) is 10.4 Å². The summed E-state index contributed by atoms with van der Waals surface area (Å²) in [7, 11) is 1.62. The first-order valence-electron chi connectivity index (χ1n) is 9.01. The summed E-state index contributed by atoms with van der Waals surface area (Å²) in [6, 6.07) is 4.94. The average Bonchev–Trinajstić information content (AvgIpc) is 2.66. The van der Waals surface area contributed by atoms with Gasteiger partial charge in [0.05, 0.1) is 11.7 Å². The summed E-state index contributed by atoms with van der Waals surface area (Å²) in [4.78, 5) is 21.6. The van der Waals surface area contributed by atoms with Crippen LogP contribution in [0, 0.1) is 28.9 Å². The zero-order valence-corrected chi connectivity index (χ0v) is 15.9. The second-order valence-corrected chi connectivity index (χ2v) is 7.00. The monoisotopic (exact) mass is 402 g/mol. The molecule has 2 heterocycles. The Hall–Kier alpha value is -3.48. The molecule has 2 aromatic rings. The van der Waals surface area contributed by atoms with Crippen molar-refractivity contribution in [1.82, 2.24) is 15.3 Å². The van der Waals surface area contributed by atoms with E-state index in [0.717, 1.165) is 12.1 Å². The van der Waals surface area contributed by atoms with Crippen LogP contribution in [0.1, 0.15) is 18.9 Å². The Morgan fingerprint density at radius 1 is 1.28 bits per heavy atom. The summed E-state index contributed by atoms with van der Waals surface area (Å²) >= 11 is 0. The van der Waals surface area contributed by atoms with E-state index < -0.39 is 23.3 Å². The zero-order valence-electron chi connectivity index (χ0n) is 15.9. The lowest BCUT2D eigenvalue weighted by molar-refractivity contribution is 0.186. The lowest BCUT2D eigenvalue weighted by Crippen LogP contribution is -2.50. The van der Waals surface area contributed by atoms with E-state index in [1.807, 2.05) is 11.8 Å². The zero-order chi connectivity index (χ0) is 21.1. The quantitative estimate of drug-likeness (QED) is 0.720. The summed E-state index contributed by atoms with van der Waals surface area (Å²) in [6.45, 7) is 3.06. The van der Waals surface area contributed by atoms with Crippen molar-refractivity contribution in [2.24, 2.45) is 5.92 Å². The lowest BCUT2D eigenvalue weighted by Gasteiger charge is -2.37. The van der Waals surface area contributed by atoms with Gasteiger partial charge < -0.3 is 20.6 Å². The third-order valence-electron chi connectivity index (χ3n) is 4.70. The third-order valence-corrected chi connectivity index (χ3v) is 4.70. The highest BCUT2D eigenvalue weighted by Crippen LogP contribution is 2.29. The number of nitriles is 1. The van der Waals surface area contributed by atoms with E-state index in [2.05, 4.69) is 20.6 Å². The van der Waals surface area contributed by atoms with Gasteiger partial charge in [-0.25, -0.2) is 18.6 Å². The van der Waals surface area contributed by atoms with Gasteiger partial charge in [-0.15, -0.1) is 0 Å². The molecule has 1 amide bonds. The molecule has 0 radical (unpaired) electrons. The van der Waals surface area contributed by atoms with Gasteiger partial charge >= 0.3 is 6.09 Å². The highest BCUT2D eigenvalue weighted by atomic mass is 19.1. The van der Waals surface area contributed by atoms with Crippen molar-refractivity contribution < 1.29 is 18.7 Å². The second-order valence-electron chi connectivity index (χ2n) is 7.00. The molecule has 29 heavy (non-hydrogen) atoms. The molecule has 1 aromatic heterocycles. The van der Waals surface area contributed by atoms with Gasteiger partial charge in [0.15, 0.2) is 0 Å². The molecule has 1 fully saturated rings. The molecule has 8 nitrogen and oxygen atoms in total. The molecular formula is C19H20F2N6O2. The fourth-order valence-corrected chi connectivity index (χ4v) is 3.50. The van der Waals surface area contributed by atoms with Crippen LogP contribution in [-0.2, 0) is 0 Å². The van der Waals surface area contributed by atoms with Gasteiger partial charge in [0.1, 0.15) is 29.1 Å². The van der Waals surface area contributed by atoms with Gasteiger partial charge in [0, 0.05) is 31.8 Å². The molecule has 0 aliphatic carbocycles. The number of piperidine rings is 1. The average molecular weight is 402 g/mol. The standard InChI is InChI=1S/C19H20F2N6O2/c1-10-3-12(24-19(28)29)9-27(8-10)17-6-16(25-18(23-2)26-17)11-4-14(20)13(7-22)15(21)5-11/h4-6,10,12,24H,3,8-9H2,1-2H3,(H,28,29)(H,23,25,26)/t10-,12-/m1/s1. The number of halogens is 2. The van der Waals surface area contributed by atoms with E-state index in [1.54, 1.807) is 13.1 Å². The predicted octanol–water partition coefficient (Wildman–Crippen LogP) is 2.82. The van der Waals surface area contributed by atoms with Crippen molar-refractivity contribution in [2.45, 2.75) is 19.4 Å². The Morgan fingerprint density at radius 3 is 2.55 bits per heavy atom. The van der Waals surface area contributed by atoms with Crippen LogP contribution in [-0.4, -0.2) is 47.3 Å². The van der Waals surface area contributed by atoms with Crippen molar-refractivity contribution in [1.29, 1.82) is 5.26 Å². The third kappa shape index (κ3) is 4.51. The topological polar surface area (TPSA) is 114 Å². The number of carbonyl (C=O) groups is 1. The largest absolute Gasteiger partial charge is 0.465 e. The van der Waals surface area contributed by atoms with Crippen LogP contribution in [0.25, 0.3) is 11.3 Å². The lowest BCUT2D eigenvalue weighted by atomic mass is 9.96. The highest BCUT2D eigenvalue weighted by Gasteiger charge is 2.27. The summed E-state index contributed by atoms with van der Waals surface area (Å²) in [5, 5.41) is 23.2. The van der Waals surface area contributed by atoms with Crippen LogP contribution in [0.15, 0.2) is 18.2 Å². The van der Waals surface area contributed by atoms with Crippen LogP contribution >= 0.6 is 0 Å². The molecule has 3 N–H and O–H groups in total. The first kappa shape index (κ1) is 20.3. The van der Waals surface area contributed by atoms with Gasteiger partial charge in [0.2, 0.25) is 5.95 Å². The molecule has 152 valence electrons. The molecule has 10 heteroatoms. The predicted molar refractivity (Wildman–Crippen MR) is 103 cm³/mol. The molecule has 1 aliphatic rings. The summed E-state index contributed by atoms with van der Waals surface area (Å²) in [5.41, 5.74) is -0.198. The molecular weight excluding hydrogens is 382 g/mol. The number of benzene rings is 1.